The van der Waals surface area contributed by atoms with Crippen LogP contribution in [0.15, 0.2) is 23.3 Å². The molecule has 0 aromatic heterocycles. The minimum Gasteiger partial charge on any atom is -0.451 e. The van der Waals surface area contributed by atoms with Gasteiger partial charge in [0.25, 0.3) is 0 Å². The molecule has 1 heterocycles. The molecule has 30 heavy (non-hydrogen) atoms. The Morgan fingerprint density at radius 1 is 1.10 bits per heavy atom. The lowest BCUT2D eigenvalue weighted by Crippen LogP contribution is -2.51. The molecule has 1 N–H and O–H groups in total. The third kappa shape index (κ3) is 5.21. The highest BCUT2D eigenvalue weighted by molar-refractivity contribution is 5.92. The van der Waals surface area contributed by atoms with E-state index in [1.807, 2.05) is 6.08 Å². The van der Waals surface area contributed by atoms with Gasteiger partial charge >= 0.3 is 5.97 Å². The zero-order valence-corrected chi connectivity index (χ0v) is 19.8. The Labute approximate surface area is 184 Å². The van der Waals surface area contributed by atoms with Crippen molar-refractivity contribution in [2.45, 2.75) is 116 Å². The molecule has 5 atom stereocenters. The molecule has 1 spiro atoms. The summed E-state index contributed by atoms with van der Waals surface area (Å²) in [7, 11) is 0. The molecule has 4 rings (SSSR count). The number of carbonyl (C=O) groups excluding carboxylic acids is 1. The van der Waals surface area contributed by atoms with Gasteiger partial charge in [-0.3, -0.25) is 0 Å². The van der Waals surface area contributed by atoms with E-state index in [9.17, 15) is 9.90 Å². The second-order valence-corrected chi connectivity index (χ2v) is 10.6. The van der Waals surface area contributed by atoms with Gasteiger partial charge in [-0.05, 0) is 50.0 Å². The van der Waals surface area contributed by atoms with E-state index in [4.69, 9.17) is 4.74 Å². The fraction of sp³-hybridized carbons (Fsp3) is 0.815. The summed E-state index contributed by atoms with van der Waals surface area (Å²) in [6, 6.07) is 0. The third-order valence-electron chi connectivity index (χ3n) is 7.95. The molecule has 3 aliphatic carbocycles. The second kappa shape index (κ2) is 10.5. The molecule has 0 radical (unpaired) electrons. The number of aliphatic hydroxyl groups is 1. The average Bonchev–Trinajstić information content (AvgIpc) is 3.03. The van der Waals surface area contributed by atoms with Crippen LogP contribution in [-0.4, -0.2) is 22.8 Å². The van der Waals surface area contributed by atoms with E-state index in [0.29, 0.717) is 29.7 Å². The maximum absolute atomic E-state index is 12.7. The van der Waals surface area contributed by atoms with Crippen molar-refractivity contribution in [3.63, 3.8) is 0 Å². The standard InChI is InChI=1S/C27H44O3/c1-5-6-7-8-9-10-11-12-13-14-25(28)23-18-27(30-26(23)29)17-21-16-22(19(2)3)24(27)15-20(21)4/h15,18-19,21-22,24-25,28H,5-14,16-17H2,1-4H3/t21-,22+,24+,25+,27-/m1/s1. The van der Waals surface area contributed by atoms with Crippen LogP contribution in [0.1, 0.15) is 105 Å². The molecular formula is C27H44O3. The Morgan fingerprint density at radius 2 is 1.73 bits per heavy atom. The molecule has 170 valence electrons. The highest BCUT2D eigenvalue weighted by Gasteiger charge is 2.56. The van der Waals surface area contributed by atoms with Crippen LogP contribution in [0.2, 0.25) is 0 Å². The number of ether oxygens (including phenoxy) is 1. The van der Waals surface area contributed by atoms with Gasteiger partial charge in [-0.15, -0.1) is 0 Å². The summed E-state index contributed by atoms with van der Waals surface area (Å²) in [4.78, 5) is 12.7. The third-order valence-corrected chi connectivity index (χ3v) is 7.95. The first kappa shape index (κ1) is 23.6. The quantitative estimate of drug-likeness (QED) is 0.217. The van der Waals surface area contributed by atoms with E-state index < -0.39 is 11.7 Å². The van der Waals surface area contributed by atoms with Crippen LogP contribution < -0.4 is 0 Å². The number of hydrogen-bond donors (Lipinski definition) is 1. The van der Waals surface area contributed by atoms with E-state index in [0.717, 1.165) is 19.3 Å². The number of aliphatic hydroxyl groups excluding tert-OH is 1. The molecule has 0 unspecified atom stereocenters. The average molecular weight is 417 g/mol. The Hall–Kier alpha value is -1.09. The van der Waals surface area contributed by atoms with Crippen molar-refractivity contribution in [2.75, 3.05) is 0 Å². The van der Waals surface area contributed by atoms with Gasteiger partial charge in [0.1, 0.15) is 5.60 Å². The predicted molar refractivity (Wildman–Crippen MR) is 123 cm³/mol. The molecular weight excluding hydrogens is 372 g/mol. The number of esters is 1. The SMILES string of the molecule is CCCCCCCCCCC[C@H](O)C1=C[C@@]2(C[C@H]3C[C@@H](C(C)C)[C@@H]2C=C3C)OC1=O. The van der Waals surface area contributed by atoms with Crippen molar-refractivity contribution < 1.29 is 14.6 Å². The lowest BCUT2D eigenvalue weighted by Gasteiger charge is -2.51. The second-order valence-electron chi connectivity index (χ2n) is 10.6. The summed E-state index contributed by atoms with van der Waals surface area (Å²) in [5, 5.41) is 10.7. The van der Waals surface area contributed by atoms with Crippen molar-refractivity contribution in [1.29, 1.82) is 0 Å². The molecule has 1 fully saturated rings. The lowest BCUT2D eigenvalue weighted by atomic mass is 9.56. The topological polar surface area (TPSA) is 46.5 Å². The Kier molecular flexibility index (Phi) is 8.24. The van der Waals surface area contributed by atoms with E-state index in [1.165, 1.54) is 56.9 Å². The molecule has 0 saturated heterocycles. The Balaban J connectivity index is 1.51. The maximum atomic E-state index is 12.7. The largest absolute Gasteiger partial charge is 0.451 e. The first-order valence-electron chi connectivity index (χ1n) is 12.7. The van der Waals surface area contributed by atoms with Gasteiger partial charge in [0.05, 0.1) is 11.7 Å². The maximum Gasteiger partial charge on any atom is 0.337 e. The van der Waals surface area contributed by atoms with Gasteiger partial charge < -0.3 is 9.84 Å². The zero-order chi connectivity index (χ0) is 21.7. The zero-order valence-electron chi connectivity index (χ0n) is 19.8. The van der Waals surface area contributed by atoms with Gasteiger partial charge in [0.2, 0.25) is 0 Å². The molecule has 3 nitrogen and oxygen atoms in total. The summed E-state index contributed by atoms with van der Waals surface area (Å²) in [5.41, 5.74) is 1.47. The molecule has 0 aromatic carbocycles. The van der Waals surface area contributed by atoms with Gasteiger partial charge in [0.15, 0.2) is 0 Å². The minimum atomic E-state index is -0.676. The van der Waals surface area contributed by atoms with Crippen LogP contribution in [0.4, 0.5) is 0 Å². The predicted octanol–water partition coefficient (Wildman–Crippen LogP) is 6.75. The van der Waals surface area contributed by atoms with E-state index in [2.05, 4.69) is 33.8 Å². The number of allylic oxidation sites excluding steroid dienone is 1. The summed E-state index contributed by atoms with van der Waals surface area (Å²) in [5.74, 6) is 1.59. The first-order chi connectivity index (χ1) is 14.4. The smallest absolute Gasteiger partial charge is 0.337 e. The van der Waals surface area contributed by atoms with E-state index >= 15 is 0 Å². The van der Waals surface area contributed by atoms with Crippen LogP contribution in [0.25, 0.3) is 0 Å². The van der Waals surface area contributed by atoms with Crippen molar-refractivity contribution in [3.8, 4) is 0 Å². The number of fused-ring (bicyclic) bond motifs is 1. The molecule has 4 aliphatic rings. The number of carbonyl (C=O) groups is 1. The first-order valence-corrected chi connectivity index (χ1v) is 12.7. The highest BCUT2D eigenvalue weighted by Crippen LogP contribution is 2.56. The van der Waals surface area contributed by atoms with Crippen LogP contribution in [0.3, 0.4) is 0 Å². The fourth-order valence-corrected chi connectivity index (χ4v) is 6.04. The van der Waals surface area contributed by atoms with Gasteiger partial charge in [-0.2, -0.15) is 0 Å². The van der Waals surface area contributed by atoms with Crippen LogP contribution >= 0.6 is 0 Å². The summed E-state index contributed by atoms with van der Waals surface area (Å²) in [6.45, 7) is 9.04. The van der Waals surface area contributed by atoms with Gasteiger partial charge in [-0.1, -0.05) is 90.2 Å². The number of rotatable bonds is 12. The minimum absolute atomic E-state index is 0.254. The van der Waals surface area contributed by atoms with Gasteiger partial charge in [-0.25, -0.2) is 4.79 Å². The monoisotopic (exact) mass is 416 g/mol. The van der Waals surface area contributed by atoms with E-state index in [1.54, 1.807) is 0 Å². The molecule has 3 heteroatoms. The van der Waals surface area contributed by atoms with Crippen molar-refractivity contribution >= 4 is 5.97 Å². The number of hydrogen-bond acceptors (Lipinski definition) is 3. The van der Waals surface area contributed by atoms with E-state index in [-0.39, 0.29) is 11.9 Å². The summed E-state index contributed by atoms with van der Waals surface area (Å²) in [6.07, 6.45) is 17.8. The highest BCUT2D eigenvalue weighted by atomic mass is 16.6. The fourth-order valence-electron chi connectivity index (χ4n) is 6.04. The Morgan fingerprint density at radius 3 is 2.33 bits per heavy atom. The Bertz CT molecular complexity index is 646. The molecule has 0 amide bonds. The molecule has 1 aliphatic heterocycles. The van der Waals surface area contributed by atoms with Crippen molar-refractivity contribution in [2.24, 2.45) is 23.7 Å². The normalized spacial score (nSPS) is 31.3. The lowest BCUT2D eigenvalue weighted by molar-refractivity contribution is -0.158. The van der Waals surface area contributed by atoms with Crippen molar-refractivity contribution in [1.82, 2.24) is 0 Å². The molecule has 1 saturated carbocycles. The van der Waals surface area contributed by atoms with Crippen LogP contribution in [0.5, 0.6) is 0 Å². The summed E-state index contributed by atoms with van der Waals surface area (Å²) < 4.78 is 6.04. The molecule has 0 aromatic rings. The van der Waals surface area contributed by atoms with Gasteiger partial charge in [0, 0.05) is 5.92 Å². The number of unbranched alkanes of at least 4 members (excludes halogenated alkanes) is 8. The summed E-state index contributed by atoms with van der Waals surface area (Å²) >= 11 is 0. The van der Waals surface area contributed by atoms with Crippen LogP contribution in [0, 0.1) is 23.7 Å². The van der Waals surface area contributed by atoms with Crippen molar-refractivity contribution in [3.05, 3.63) is 23.3 Å². The van der Waals surface area contributed by atoms with Crippen LogP contribution in [-0.2, 0) is 9.53 Å². The molecule has 2 bridgehead atoms.